The first-order valence-corrected chi connectivity index (χ1v) is 8.06. The summed E-state index contributed by atoms with van der Waals surface area (Å²) in [6.07, 6.45) is 5.94. The van der Waals surface area contributed by atoms with Crippen molar-refractivity contribution in [3.8, 4) is 0 Å². The maximum absolute atomic E-state index is 12.2. The summed E-state index contributed by atoms with van der Waals surface area (Å²) in [5.74, 6) is 1.13. The molecule has 8 nitrogen and oxygen atoms in total. The van der Waals surface area contributed by atoms with Gasteiger partial charge in [-0.05, 0) is 37.3 Å². The number of carbonyl (C=O) groups excluding carboxylic acids is 1. The highest BCUT2D eigenvalue weighted by molar-refractivity contribution is 5.90. The van der Waals surface area contributed by atoms with E-state index in [-0.39, 0.29) is 5.91 Å². The zero-order chi connectivity index (χ0) is 15.6. The summed E-state index contributed by atoms with van der Waals surface area (Å²) in [7, 11) is 0. The number of rotatable bonds is 2. The summed E-state index contributed by atoms with van der Waals surface area (Å²) in [5.41, 5.74) is 2.49. The number of aryl methyl sites for hydroxylation is 2. The minimum atomic E-state index is -0.0984. The Morgan fingerprint density at radius 3 is 2.70 bits per heavy atom. The van der Waals surface area contributed by atoms with Gasteiger partial charge in [0, 0.05) is 26.2 Å². The predicted molar refractivity (Wildman–Crippen MR) is 83.2 cm³/mol. The van der Waals surface area contributed by atoms with E-state index in [1.54, 1.807) is 4.90 Å². The molecule has 0 bridgehead atoms. The van der Waals surface area contributed by atoms with Gasteiger partial charge in [0.05, 0.1) is 5.69 Å². The van der Waals surface area contributed by atoms with E-state index in [1.165, 1.54) is 24.7 Å². The summed E-state index contributed by atoms with van der Waals surface area (Å²) < 4.78 is 0. The van der Waals surface area contributed by atoms with Gasteiger partial charge in [-0.1, -0.05) is 0 Å². The summed E-state index contributed by atoms with van der Waals surface area (Å²) in [6, 6.07) is 2.18. The molecule has 2 aromatic heterocycles. The molecule has 1 amide bonds. The van der Waals surface area contributed by atoms with Gasteiger partial charge in [-0.25, -0.2) is 4.98 Å². The largest absolute Gasteiger partial charge is 0.352 e. The molecular weight excluding hydrogens is 294 g/mol. The summed E-state index contributed by atoms with van der Waals surface area (Å²) >= 11 is 0. The highest BCUT2D eigenvalue weighted by atomic mass is 16.2. The van der Waals surface area contributed by atoms with E-state index < -0.39 is 0 Å². The number of aromatic amines is 1. The molecule has 23 heavy (non-hydrogen) atoms. The van der Waals surface area contributed by atoms with Crippen molar-refractivity contribution in [3.63, 3.8) is 0 Å². The minimum absolute atomic E-state index is 0.0984. The van der Waals surface area contributed by atoms with Gasteiger partial charge in [-0.2, -0.15) is 10.2 Å². The van der Waals surface area contributed by atoms with Crippen LogP contribution in [0.5, 0.6) is 0 Å². The number of nitrogens with one attached hydrogen (secondary N) is 1. The second-order valence-electron chi connectivity index (χ2n) is 5.99. The number of aromatic nitrogens is 5. The number of hydrogen-bond acceptors (Lipinski definition) is 6. The van der Waals surface area contributed by atoms with Crippen LogP contribution in [0.25, 0.3) is 0 Å². The molecule has 0 aromatic carbocycles. The van der Waals surface area contributed by atoms with Crippen LogP contribution in [0.3, 0.4) is 0 Å². The van der Waals surface area contributed by atoms with Crippen molar-refractivity contribution >= 4 is 11.7 Å². The Bertz CT molecular complexity index is 692. The lowest BCUT2D eigenvalue weighted by molar-refractivity contribution is 0.0734. The lowest BCUT2D eigenvalue weighted by Crippen LogP contribution is -2.49. The van der Waals surface area contributed by atoms with Gasteiger partial charge in [0.15, 0.2) is 5.82 Å². The Morgan fingerprint density at radius 2 is 1.91 bits per heavy atom. The van der Waals surface area contributed by atoms with Gasteiger partial charge in [0.25, 0.3) is 5.91 Å². The smallest absolute Gasteiger partial charge is 0.291 e. The van der Waals surface area contributed by atoms with E-state index in [9.17, 15) is 4.79 Å². The number of carbonyl (C=O) groups is 1. The van der Waals surface area contributed by atoms with Crippen LogP contribution in [-0.2, 0) is 12.8 Å². The second kappa shape index (κ2) is 5.94. The Hall–Kier alpha value is -2.51. The summed E-state index contributed by atoms with van der Waals surface area (Å²) in [6.45, 7) is 2.82. The molecule has 1 saturated heterocycles. The molecule has 1 aliphatic carbocycles. The van der Waals surface area contributed by atoms with Crippen molar-refractivity contribution in [2.24, 2.45) is 0 Å². The van der Waals surface area contributed by atoms with Gasteiger partial charge in [0.1, 0.15) is 6.33 Å². The first-order chi connectivity index (χ1) is 11.3. The van der Waals surface area contributed by atoms with E-state index in [2.05, 4.69) is 36.3 Å². The number of nitrogens with zero attached hydrogens (tertiary/aromatic N) is 6. The van der Waals surface area contributed by atoms with E-state index >= 15 is 0 Å². The topological polar surface area (TPSA) is 90.9 Å². The van der Waals surface area contributed by atoms with E-state index in [0.717, 1.165) is 37.4 Å². The third kappa shape index (κ3) is 2.76. The second-order valence-corrected chi connectivity index (χ2v) is 5.99. The molecule has 120 valence electrons. The molecule has 1 N–H and O–H groups in total. The quantitative estimate of drug-likeness (QED) is 0.865. The molecule has 3 heterocycles. The monoisotopic (exact) mass is 313 g/mol. The van der Waals surface area contributed by atoms with Crippen LogP contribution in [0, 0.1) is 0 Å². The van der Waals surface area contributed by atoms with Crippen LogP contribution in [0.15, 0.2) is 12.4 Å². The lowest BCUT2D eigenvalue weighted by atomic mass is 9.97. The zero-order valence-corrected chi connectivity index (χ0v) is 12.9. The maximum atomic E-state index is 12.2. The first-order valence-electron chi connectivity index (χ1n) is 8.06. The number of H-pyrrole nitrogens is 1. The molecule has 0 unspecified atom stereocenters. The van der Waals surface area contributed by atoms with E-state index in [0.29, 0.717) is 18.9 Å². The zero-order valence-electron chi connectivity index (χ0n) is 12.9. The van der Waals surface area contributed by atoms with E-state index in [1.807, 2.05) is 0 Å². The summed E-state index contributed by atoms with van der Waals surface area (Å²) in [5, 5.41) is 15.1. The number of piperazine rings is 1. The molecular formula is C15H19N7O. The Balaban J connectivity index is 1.42. The molecule has 0 saturated carbocycles. The molecule has 4 rings (SSSR count). The molecule has 2 aliphatic rings. The first kappa shape index (κ1) is 14.1. The van der Waals surface area contributed by atoms with Gasteiger partial charge in [-0.15, -0.1) is 5.10 Å². The normalized spacial score (nSPS) is 17.9. The van der Waals surface area contributed by atoms with Crippen LogP contribution in [0.2, 0.25) is 0 Å². The lowest BCUT2D eigenvalue weighted by Gasteiger charge is -2.35. The van der Waals surface area contributed by atoms with Gasteiger partial charge in [0.2, 0.25) is 5.82 Å². The molecule has 0 atom stereocenters. The third-order valence-corrected chi connectivity index (χ3v) is 4.57. The van der Waals surface area contributed by atoms with Crippen LogP contribution < -0.4 is 4.90 Å². The van der Waals surface area contributed by atoms with Gasteiger partial charge >= 0.3 is 0 Å². The number of fused-ring (bicyclic) bond motifs is 1. The van der Waals surface area contributed by atoms with Crippen LogP contribution in [0.4, 0.5) is 5.82 Å². The van der Waals surface area contributed by atoms with Crippen molar-refractivity contribution in [1.82, 2.24) is 30.3 Å². The standard InChI is InChI=1S/C15H19N7O/c23-15(14-16-10-17-20-14)22-7-5-21(6-8-22)13-9-11-3-1-2-4-12(11)18-19-13/h9-10H,1-8H2,(H,16,17,20). The molecule has 2 aromatic rings. The molecule has 0 spiro atoms. The fraction of sp³-hybridized carbons (Fsp3) is 0.533. The van der Waals surface area contributed by atoms with Crippen LogP contribution in [-0.4, -0.2) is 62.4 Å². The fourth-order valence-electron chi connectivity index (χ4n) is 3.23. The van der Waals surface area contributed by atoms with Crippen molar-refractivity contribution in [1.29, 1.82) is 0 Å². The van der Waals surface area contributed by atoms with Crippen LogP contribution in [0.1, 0.15) is 34.7 Å². The predicted octanol–water partition coefficient (Wildman–Crippen LogP) is 0.436. The van der Waals surface area contributed by atoms with Crippen molar-refractivity contribution < 1.29 is 4.79 Å². The highest BCUT2D eigenvalue weighted by Gasteiger charge is 2.25. The minimum Gasteiger partial charge on any atom is -0.352 e. The maximum Gasteiger partial charge on any atom is 0.291 e. The van der Waals surface area contributed by atoms with Crippen molar-refractivity contribution in [2.75, 3.05) is 31.1 Å². The highest BCUT2D eigenvalue weighted by Crippen LogP contribution is 2.23. The number of anilines is 1. The molecule has 1 aliphatic heterocycles. The van der Waals surface area contributed by atoms with Gasteiger partial charge in [-0.3, -0.25) is 9.89 Å². The number of hydrogen-bond donors (Lipinski definition) is 1. The van der Waals surface area contributed by atoms with E-state index in [4.69, 9.17) is 0 Å². The van der Waals surface area contributed by atoms with Crippen molar-refractivity contribution in [2.45, 2.75) is 25.7 Å². The summed E-state index contributed by atoms with van der Waals surface area (Å²) in [4.78, 5) is 20.2. The van der Waals surface area contributed by atoms with Gasteiger partial charge < -0.3 is 9.80 Å². The third-order valence-electron chi connectivity index (χ3n) is 4.57. The SMILES string of the molecule is O=C(c1ncn[nH]1)N1CCN(c2cc3c(nn2)CCCC3)CC1. The Kier molecular flexibility index (Phi) is 3.64. The average molecular weight is 313 g/mol. The molecule has 0 radical (unpaired) electrons. The number of amides is 1. The van der Waals surface area contributed by atoms with Crippen LogP contribution >= 0.6 is 0 Å². The average Bonchev–Trinajstić information content (AvgIpc) is 3.15. The fourth-order valence-corrected chi connectivity index (χ4v) is 3.23. The Labute approximate surface area is 133 Å². The van der Waals surface area contributed by atoms with Crippen molar-refractivity contribution in [3.05, 3.63) is 29.5 Å². The molecule has 8 heteroatoms. The Morgan fingerprint density at radius 1 is 1.09 bits per heavy atom. The molecule has 1 fully saturated rings.